The van der Waals surface area contributed by atoms with Crippen LogP contribution in [0, 0.1) is 0 Å². The molecule has 0 bridgehead atoms. The molecule has 0 heterocycles. The van der Waals surface area contributed by atoms with Crippen LogP contribution < -0.4 is 11.1 Å². The second-order valence-electron chi connectivity index (χ2n) is 5.23. The van der Waals surface area contributed by atoms with Gasteiger partial charge in [-0.05, 0) is 27.7 Å². The van der Waals surface area contributed by atoms with Crippen LogP contribution in [0.2, 0.25) is 0 Å². The van der Waals surface area contributed by atoms with Crippen molar-refractivity contribution in [1.29, 1.82) is 0 Å². The molecule has 0 saturated heterocycles. The molecule has 0 aromatic carbocycles. The van der Waals surface area contributed by atoms with Crippen molar-refractivity contribution in [1.82, 2.24) is 5.32 Å². The first-order chi connectivity index (χ1) is 8.10. The summed E-state index contributed by atoms with van der Waals surface area (Å²) in [4.78, 5) is 33.4. The maximum absolute atomic E-state index is 11.4. The van der Waals surface area contributed by atoms with Crippen molar-refractivity contribution >= 4 is 17.8 Å². The summed E-state index contributed by atoms with van der Waals surface area (Å²) in [6.45, 7) is 6.97. The van der Waals surface area contributed by atoms with Gasteiger partial charge in [0.25, 0.3) is 0 Å². The lowest BCUT2D eigenvalue weighted by atomic mass is 10.2. The fourth-order valence-electron chi connectivity index (χ4n) is 1.31. The number of esters is 1. The lowest BCUT2D eigenvalue weighted by Crippen LogP contribution is -2.36. The zero-order valence-electron chi connectivity index (χ0n) is 11.4. The Morgan fingerprint density at radius 3 is 2.22 bits per heavy atom. The van der Waals surface area contributed by atoms with Crippen LogP contribution in [0.15, 0.2) is 0 Å². The van der Waals surface area contributed by atoms with Gasteiger partial charge in [0, 0.05) is 18.9 Å². The Morgan fingerprint density at radius 2 is 1.78 bits per heavy atom. The highest BCUT2D eigenvalue weighted by atomic mass is 16.6. The molecule has 0 fully saturated rings. The number of carbonyl (C=O) groups excluding carboxylic acids is 3. The quantitative estimate of drug-likeness (QED) is 0.677. The molecular weight excluding hydrogens is 236 g/mol. The van der Waals surface area contributed by atoms with E-state index < -0.39 is 17.5 Å². The normalized spacial score (nSPS) is 12.7. The third kappa shape index (κ3) is 9.62. The monoisotopic (exact) mass is 258 g/mol. The number of rotatable bonds is 6. The Kier molecular flexibility index (Phi) is 6.36. The van der Waals surface area contributed by atoms with E-state index in [-0.39, 0.29) is 31.2 Å². The molecule has 104 valence electrons. The molecule has 1 atom stereocenters. The summed E-state index contributed by atoms with van der Waals surface area (Å²) in [6.07, 6.45) is 0.141. The van der Waals surface area contributed by atoms with E-state index >= 15 is 0 Å². The first kappa shape index (κ1) is 16.4. The number of hydrogen-bond acceptors (Lipinski definition) is 4. The molecule has 0 rings (SSSR count). The zero-order valence-corrected chi connectivity index (χ0v) is 11.4. The van der Waals surface area contributed by atoms with E-state index in [1.54, 1.807) is 27.7 Å². The molecule has 0 aliphatic heterocycles. The Hall–Kier alpha value is -1.59. The van der Waals surface area contributed by atoms with Crippen LogP contribution in [0.5, 0.6) is 0 Å². The van der Waals surface area contributed by atoms with Crippen molar-refractivity contribution in [2.45, 2.75) is 58.6 Å². The fourth-order valence-corrected chi connectivity index (χ4v) is 1.31. The Morgan fingerprint density at radius 1 is 1.22 bits per heavy atom. The first-order valence-corrected chi connectivity index (χ1v) is 5.89. The van der Waals surface area contributed by atoms with Crippen molar-refractivity contribution in [3.63, 3.8) is 0 Å². The van der Waals surface area contributed by atoms with Crippen LogP contribution in [-0.2, 0) is 19.1 Å². The number of ether oxygens (including phenoxy) is 1. The lowest BCUT2D eigenvalue weighted by molar-refractivity contribution is -0.155. The average molecular weight is 258 g/mol. The van der Waals surface area contributed by atoms with Gasteiger partial charge in [-0.15, -0.1) is 0 Å². The standard InChI is InChI=1S/C12H22N2O4/c1-8(7-9(13)15)14-10(16)5-6-11(17)18-12(2,3)4/h8H,5-7H2,1-4H3,(H2,13,15)(H,14,16). The molecule has 0 aromatic rings. The highest BCUT2D eigenvalue weighted by Gasteiger charge is 2.17. The van der Waals surface area contributed by atoms with E-state index in [1.165, 1.54) is 0 Å². The molecule has 1 unspecified atom stereocenters. The summed E-state index contributed by atoms with van der Waals surface area (Å²) in [7, 11) is 0. The molecule has 0 saturated carbocycles. The molecule has 2 amide bonds. The third-order valence-electron chi connectivity index (χ3n) is 1.89. The van der Waals surface area contributed by atoms with Crippen molar-refractivity contribution in [2.24, 2.45) is 5.73 Å². The molecule has 0 aromatic heterocycles. The lowest BCUT2D eigenvalue weighted by Gasteiger charge is -2.19. The average Bonchev–Trinajstić information content (AvgIpc) is 2.10. The summed E-state index contributed by atoms with van der Waals surface area (Å²) in [5.74, 6) is -1.19. The number of amides is 2. The van der Waals surface area contributed by atoms with Gasteiger partial charge in [-0.3, -0.25) is 14.4 Å². The summed E-state index contributed by atoms with van der Waals surface area (Å²) in [6, 6.07) is -0.325. The molecular formula is C12H22N2O4. The second-order valence-corrected chi connectivity index (χ2v) is 5.23. The van der Waals surface area contributed by atoms with Crippen molar-refractivity contribution in [3.05, 3.63) is 0 Å². The minimum Gasteiger partial charge on any atom is -0.460 e. The van der Waals surface area contributed by atoms with E-state index in [0.29, 0.717) is 0 Å². The second kappa shape index (κ2) is 6.98. The predicted molar refractivity (Wildman–Crippen MR) is 66.5 cm³/mol. The van der Waals surface area contributed by atoms with Gasteiger partial charge in [0.05, 0.1) is 6.42 Å². The molecule has 3 N–H and O–H groups in total. The summed E-state index contributed by atoms with van der Waals surface area (Å²) >= 11 is 0. The highest BCUT2D eigenvalue weighted by molar-refractivity contribution is 5.82. The molecule has 18 heavy (non-hydrogen) atoms. The van der Waals surface area contributed by atoms with Gasteiger partial charge in [0.2, 0.25) is 11.8 Å². The molecule has 6 heteroatoms. The van der Waals surface area contributed by atoms with Crippen LogP contribution in [0.25, 0.3) is 0 Å². The van der Waals surface area contributed by atoms with Gasteiger partial charge in [0.1, 0.15) is 5.60 Å². The number of hydrogen-bond donors (Lipinski definition) is 2. The van der Waals surface area contributed by atoms with Crippen LogP contribution >= 0.6 is 0 Å². The van der Waals surface area contributed by atoms with E-state index in [2.05, 4.69) is 5.32 Å². The van der Waals surface area contributed by atoms with Gasteiger partial charge >= 0.3 is 5.97 Å². The predicted octanol–water partition coefficient (Wildman–Crippen LogP) is 0.488. The molecule has 0 aliphatic rings. The minimum absolute atomic E-state index is 0.0202. The number of carbonyl (C=O) groups is 3. The van der Waals surface area contributed by atoms with Gasteiger partial charge < -0.3 is 15.8 Å². The van der Waals surface area contributed by atoms with Crippen LogP contribution in [0.3, 0.4) is 0 Å². The molecule has 0 spiro atoms. The van der Waals surface area contributed by atoms with Crippen LogP contribution in [0.4, 0.5) is 0 Å². The van der Waals surface area contributed by atoms with E-state index in [9.17, 15) is 14.4 Å². The van der Waals surface area contributed by atoms with Crippen molar-refractivity contribution in [2.75, 3.05) is 0 Å². The molecule has 0 radical (unpaired) electrons. The minimum atomic E-state index is -0.549. The molecule has 6 nitrogen and oxygen atoms in total. The van der Waals surface area contributed by atoms with Gasteiger partial charge in [-0.25, -0.2) is 0 Å². The van der Waals surface area contributed by atoms with Crippen LogP contribution in [-0.4, -0.2) is 29.4 Å². The summed E-state index contributed by atoms with van der Waals surface area (Å²) < 4.78 is 5.06. The largest absolute Gasteiger partial charge is 0.460 e. The summed E-state index contributed by atoms with van der Waals surface area (Å²) in [5.41, 5.74) is 4.45. The molecule has 0 aliphatic carbocycles. The van der Waals surface area contributed by atoms with E-state index in [0.717, 1.165) is 0 Å². The fraction of sp³-hybridized carbons (Fsp3) is 0.750. The topological polar surface area (TPSA) is 98.5 Å². The number of primary amides is 1. The summed E-state index contributed by atoms with van der Waals surface area (Å²) in [5, 5.41) is 2.58. The number of nitrogens with two attached hydrogens (primary N) is 1. The van der Waals surface area contributed by atoms with Crippen molar-refractivity contribution < 1.29 is 19.1 Å². The smallest absolute Gasteiger partial charge is 0.306 e. The Bertz CT molecular complexity index is 321. The van der Waals surface area contributed by atoms with E-state index in [4.69, 9.17) is 10.5 Å². The van der Waals surface area contributed by atoms with E-state index in [1.807, 2.05) is 0 Å². The first-order valence-electron chi connectivity index (χ1n) is 5.89. The van der Waals surface area contributed by atoms with Gasteiger partial charge in [0.15, 0.2) is 0 Å². The Labute approximate surface area is 107 Å². The maximum atomic E-state index is 11.4. The van der Waals surface area contributed by atoms with Gasteiger partial charge in [-0.1, -0.05) is 0 Å². The van der Waals surface area contributed by atoms with Gasteiger partial charge in [-0.2, -0.15) is 0 Å². The third-order valence-corrected chi connectivity index (χ3v) is 1.89. The van der Waals surface area contributed by atoms with Crippen LogP contribution in [0.1, 0.15) is 47.0 Å². The maximum Gasteiger partial charge on any atom is 0.306 e. The van der Waals surface area contributed by atoms with Crippen molar-refractivity contribution in [3.8, 4) is 0 Å². The zero-order chi connectivity index (χ0) is 14.3. The number of nitrogens with one attached hydrogen (secondary N) is 1. The Balaban J connectivity index is 3.90. The SMILES string of the molecule is CC(CC(N)=O)NC(=O)CCC(=O)OC(C)(C)C. The highest BCUT2D eigenvalue weighted by Crippen LogP contribution is 2.09.